The lowest BCUT2D eigenvalue weighted by atomic mass is 10.0. The molecule has 1 fully saturated rings. The van der Waals surface area contributed by atoms with Crippen LogP contribution in [0.1, 0.15) is 18.4 Å². The lowest BCUT2D eigenvalue weighted by molar-refractivity contribution is 0.474. The average Bonchev–Trinajstić information content (AvgIpc) is 3.03. The van der Waals surface area contributed by atoms with Crippen molar-refractivity contribution in [1.29, 1.82) is 0 Å². The first-order valence-corrected chi connectivity index (χ1v) is 7.19. The van der Waals surface area contributed by atoms with Crippen molar-refractivity contribution in [2.24, 2.45) is 16.9 Å². The van der Waals surface area contributed by atoms with Crippen LogP contribution in [0, 0.1) is 11.8 Å². The van der Waals surface area contributed by atoms with Crippen molar-refractivity contribution >= 4 is 23.5 Å². The molecule has 0 aromatic heterocycles. The fourth-order valence-corrected chi connectivity index (χ4v) is 3.11. The van der Waals surface area contributed by atoms with E-state index in [1.165, 1.54) is 6.42 Å². The molecular weight excluding hydrogens is 270 g/mol. The molecule has 1 aromatic rings. The second-order valence-electron chi connectivity index (χ2n) is 5.29. The van der Waals surface area contributed by atoms with E-state index in [1.54, 1.807) is 24.4 Å². The van der Waals surface area contributed by atoms with Crippen LogP contribution >= 0.6 is 12.2 Å². The van der Waals surface area contributed by atoms with Crippen LogP contribution in [0.2, 0.25) is 0 Å². The molecule has 1 aromatic carbocycles. The molecule has 2 bridgehead atoms. The van der Waals surface area contributed by atoms with Gasteiger partial charge in [0.1, 0.15) is 5.75 Å². The van der Waals surface area contributed by atoms with Crippen LogP contribution in [0.3, 0.4) is 0 Å². The fraction of sp³-hybridized carbons (Fsp3) is 0.333. The SMILES string of the molecule is Oc1ccccc1/C=N/NC(=S)N[C@@H]1C[C@H]2C=C[C@@H]1C2. The molecule has 3 atom stereocenters. The Labute approximate surface area is 123 Å². The Morgan fingerprint density at radius 1 is 1.30 bits per heavy atom. The Hall–Kier alpha value is -1.88. The molecule has 0 radical (unpaired) electrons. The molecule has 3 N–H and O–H groups in total. The van der Waals surface area contributed by atoms with Gasteiger partial charge in [-0.05, 0) is 49.0 Å². The van der Waals surface area contributed by atoms with E-state index in [-0.39, 0.29) is 5.75 Å². The number of rotatable bonds is 3. The largest absolute Gasteiger partial charge is 0.507 e. The van der Waals surface area contributed by atoms with Crippen molar-refractivity contribution in [1.82, 2.24) is 10.7 Å². The number of hydrogen-bond acceptors (Lipinski definition) is 3. The maximum atomic E-state index is 9.60. The van der Waals surface area contributed by atoms with E-state index in [4.69, 9.17) is 12.2 Å². The molecule has 1 saturated carbocycles. The number of hydrazone groups is 1. The number of aromatic hydroxyl groups is 1. The van der Waals surface area contributed by atoms with E-state index in [2.05, 4.69) is 28.0 Å². The molecule has 0 saturated heterocycles. The third kappa shape index (κ3) is 2.82. The van der Waals surface area contributed by atoms with Crippen LogP contribution < -0.4 is 10.7 Å². The number of allylic oxidation sites excluding steroid dienone is 1. The van der Waals surface area contributed by atoms with Gasteiger partial charge < -0.3 is 10.4 Å². The number of thiocarbonyl (C=S) groups is 1. The summed E-state index contributed by atoms with van der Waals surface area (Å²) in [6, 6.07) is 7.45. The van der Waals surface area contributed by atoms with Gasteiger partial charge in [0.25, 0.3) is 0 Å². The summed E-state index contributed by atoms with van der Waals surface area (Å²) in [6.07, 6.45) is 8.52. The van der Waals surface area contributed by atoms with E-state index in [0.29, 0.717) is 28.6 Å². The van der Waals surface area contributed by atoms with Gasteiger partial charge in [-0.25, -0.2) is 0 Å². The van der Waals surface area contributed by atoms with E-state index < -0.39 is 0 Å². The molecule has 5 heteroatoms. The lowest BCUT2D eigenvalue weighted by Crippen LogP contribution is -2.42. The van der Waals surface area contributed by atoms with E-state index in [0.717, 1.165) is 6.42 Å². The monoisotopic (exact) mass is 287 g/mol. The smallest absolute Gasteiger partial charge is 0.187 e. The van der Waals surface area contributed by atoms with Crippen LogP contribution in [0.5, 0.6) is 5.75 Å². The molecule has 104 valence electrons. The number of fused-ring (bicyclic) bond motifs is 2. The highest BCUT2D eigenvalue weighted by atomic mass is 32.1. The average molecular weight is 287 g/mol. The van der Waals surface area contributed by atoms with Gasteiger partial charge in [-0.3, -0.25) is 5.43 Å². The zero-order valence-electron chi connectivity index (χ0n) is 11.0. The zero-order chi connectivity index (χ0) is 13.9. The summed E-state index contributed by atoms with van der Waals surface area (Å²) in [5.74, 6) is 1.52. The summed E-state index contributed by atoms with van der Waals surface area (Å²) in [7, 11) is 0. The van der Waals surface area contributed by atoms with Gasteiger partial charge in [-0.15, -0.1) is 0 Å². The van der Waals surface area contributed by atoms with Crippen molar-refractivity contribution in [3.8, 4) is 5.75 Å². The number of nitrogens with zero attached hydrogens (tertiary/aromatic N) is 1. The second kappa shape index (κ2) is 5.63. The number of phenolic OH excluding ortho intramolecular Hbond substituents is 1. The van der Waals surface area contributed by atoms with Crippen molar-refractivity contribution in [3.63, 3.8) is 0 Å². The molecule has 2 aliphatic rings. The Morgan fingerprint density at radius 3 is 2.85 bits per heavy atom. The summed E-state index contributed by atoms with van der Waals surface area (Å²) >= 11 is 5.23. The number of para-hydroxylation sites is 1. The maximum absolute atomic E-state index is 9.60. The Morgan fingerprint density at radius 2 is 2.15 bits per heavy atom. The maximum Gasteiger partial charge on any atom is 0.187 e. The van der Waals surface area contributed by atoms with Gasteiger partial charge in [0.05, 0.1) is 6.21 Å². The molecule has 3 rings (SSSR count). The van der Waals surface area contributed by atoms with Crippen molar-refractivity contribution < 1.29 is 5.11 Å². The van der Waals surface area contributed by atoms with Gasteiger partial charge in [-0.1, -0.05) is 24.3 Å². The number of hydrogen-bond donors (Lipinski definition) is 3. The van der Waals surface area contributed by atoms with Gasteiger partial charge in [0, 0.05) is 11.6 Å². The summed E-state index contributed by atoms with van der Waals surface area (Å²) in [6.45, 7) is 0. The molecule has 0 heterocycles. The first-order valence-electron chi connectivity index (χ1n) is 6.78. The highest BCUT2D eigenvalue weighted by molar-refractivity contribution is 7.80. The highest BCUT2D eigenvalue weighted by Gasteiger charge is 2.35. The molecular formula is C15H17N3OS. The minimum absolute atomic E-state index is 0.204. The van der Waals surface area contributed by atoms with Gasteiger partial charge in [-0.2, -0.15) is 5.10 Å². The van der Waals surface area contributed by atoms with Crippen molar-refractivity contribution in [2.75, 3.05) is 0 Å². The minimum Gasteiger partial charge on any atom is -0.507 e. The minimum atomic E-state index is 0.204. The van der Waals surface area contributed by atoms with Gasteiger partial charge >= 0.3 is 0 Å². The first kappa shape index (κ1) is 13.1. The summed E-state index contributed by atoms with van der Waals surface area (Å²) in [4.78, 5) is 0. The Balaban J connectivity index is 1.50. The topological polar surface area (TPSA) is 56.7 Å². The van der Waals surface area contributed by atoms with Gasteiger partial charge in [0.15, 0.2) is 5.11 Å². The predicted octanol–water partition coefficient (Wildman–Crippen LogP) is 2.15. The third-order valence-electron chi connectivity index (χ3n) is 3.90. The number of phenols is 1. The van der Waals surface area contributed by atoms with Crippen molar-refractivity contribution in [3.05, 3.63) is 42.0 Å². The normalized spacial score (nSPS) is 27.1. The zero-order valence-corrected chi connectivity index (χ0v) is 11.8. The summed E-state index contributed by atoms with van der Waals surface area (Å²) in [5, 5.41) is 17.5. The fourth-order valence-electron chi connectivity index (χ4n) is 2.90. The number of nitrogens with one attached hydrogen (secondary N) is 2. The lowest BCUT2D eigenvalue weighted by Gasteiger charge is -2.20. The van der Waals surface area contributed by atoms with Crippen LogP contribution in [-0.4, -0.2) is 22.5 Å². The molecule has 0 unspecified atom stereocenters. The number of benzene rings is 1. The second-order valence-corrected chi connectivity index (χ2v) is 5.70. The molecule has 20 heavy (non-hydrogen) atoms. The predicted molar refractivity (Wildman–Crippen MR) is 83.7 cm³/mol. The molecule has 0 spiro atoms. The molecule has 0 aliphatic heterocycles. The van der Waals surface area contributed by atoms with Gasteiger partial charge in [0.2, 0.25) is 0 Å². The van der Waals surface area contributed by atoms with Crippen LogP contribution in [0.25, 0.3) is 0 Å². The van der Waals surface area contributed by atoms with Crippen molar-refractivity contribution in [2.45, 2.75) is 18.9 Å². The van der Waals surface area contributed by atoms with E-state index in [1.807, 2.05) is 6.07 Å². The van der Waals surface area contributed by atoms with Crippen LogP contribution in [0.15, 0.2) is 41.5 Å². The first-order chi connectivity index (χ1) is 9.72. The third-order valence-corrected chi connectivity index (χ3v) is 4.11. The van der Waals surface area contributed by atoms with E-state index in [9.17, 15) is 5.11 Å². The van der Waals surface area contributed by atoms with E-state index >= 15 is 0 Å². The quantitative estimate of drug-likeness (QED) is 0.345. The Bertz CT molecular complexity index is 570. The molecule has 0 amide bonds. The molecule has 4 nitrogen and oxygen atoms in total. The van der Waals surface area contributed by atoms with Crippen LogP contribution in [0.4, 0.5) is 0 Å². The van der Waals surface area contributed by atoms with Crippen LogP contribution in [-0.2, 0) is 0 Å². The summed E-state index contributed by atoms with van der Waals surface area (Å²) < 4.78 is 0. The summed E-state index contributed by atoms with van der Waals surface area (Å²) in [5.41, 5.74) is 3.46. The molecule has 2 aliphatic carbocycles. The highest BCUT2D eigenvalue weighted by Crippen LogP contribution is 2.38. The standard InChI is InChI=1S/C15H17N3OS/c19-14-4-2-1-3-12(14)9-16-18-15(20)17-13-8-10-5-6-11(13)7-10/h1-6,9-11,13,19H,7-8H2,(H2,17,18,20)/b16-9+/t10-,11+,13+/m0/s1. The Kier molecular flexibility index (Phi) is 3.69.